The summed E-state index contributed by atoms with van der Waals surface area (Å²) in [6, 6.07) is 3.36. The largest absolute Gasteiger partial charge is 0.493 e. The molecule has 2 fully saturated rings. The Hall–Kier alpha value is -2.81. The van der Waals surface area contributed by atoms with Crippen LogP contribution in [0.15, 0.2) is 36.4 Å². The zero-order valence-corrected chi connectivity index (χ0v) is 22.2. The van der Waals surface area contributed by atoms with Crippen molar-refractivity contribution in [1.29, 1.82) is 0 Å². The SMILES string of the molecule is CC(C)(F)CN1CCC(COc2ccc(C3=CC=CCC3(F)C(=O)N3CCCC[C@@H]3C(N)=O)c(F)c2)CC1. The summed E-state index contributed by atoms with van der Waals surface area (Å²) < 4.78 is 51.5. The van der Waals surface area contributed by atoms with E-state index in [2.05, 4.69) is 4.90 Å². The number of piperidine rings is 2. The van der Waals surface area contributed by atoms with Gasteiger partial charge in [0.15, 0.2) is 0 Å². The van der Waals surface area contributed by atoms with E-state index < -0.39 is 35.0 Å². The summed E-state index contributed by atoms with van der Waals surface area (Å²) in [4.78, 5) is 28.7. The van der Waals surface area contributed by atoms with Gasteiger partial charge in [-0.2, -0.15) is 0 Å². The van der Waals surface area contributed by atoms with E-state index in [9.17, 15) is 14.0 Å². The lowest BCUT2D eigenvalue weighted by Crippen LogP contribution is -2.56. The number of hydrogen-bond donors (Lipinski definition) is 1. The van der Waals surface area contributed by atoms with Crippen molar-refractivity contribution in [3.8, 4) is 5.75 Å². The fraction of sp³-hybridized carbons (Fsp3) is 0.586. The molecule has 2 amide bonds. The van der Waals surface area contributed by atoms with Crippen LogP contribution in [0, 0.1) is 11.7 Å². The van der Waals surface area contributed by atoms with Crippen LogP contribution >= 0.6 is 0 Å². The fourth-order valence-corrected chi connectivity index (χ4v) is 5.70. The number of carbonyl (C=O) groups is 2. The van der Waals surface area contributed by atoms with Crippen molar-refractivity contribution < 1.29 is 27.5 Å². The molecule has 1 aliphatic carbocycles. The van der Waals surface area contributed by atoms with Crippen molar-refractivity contribution in [1.82, 2.24) is 9.80 Å². The van der Waals surface area contributed by atoms with E-state index in [0.717, 1.165) is 32.4 Å². The average Bonchev–Trinajstić information content (AvgIpc) is 2.87. The highest BCUT2D eigenvalue weighted by molar-refractivity contribution is 6.02. The molecule has 2 saturated heterocycles. The molecule has 2 aliphatic heterocycles. The predicted molar refractivity (Wildman–Crippen MR) is 140 cm³/mol. The first-order valence-corrected chi connectivity index (χ1v) is 13.5. The van der Waals surface area contributed by atoms with Crippen molar-refractivity contribution in [2.24, 2.45) is 11.7 Å². The Bertz CT molecular complexity index is 1090. The quantitative estimate of drug-likeness (QED) is 0.531. The lowest BCUT2D eigenvalue weighted by atomic mass is 9.81. The summed E-state index contributed by atoms with van der Waals surface area (Å²) in [6.45, 7) is 5.77. The molecule has 1 aromatic rings. The molecule has 2 atom stereocenters. The molecule has 1 aromatic carbocycles. The van der Waals surface area contributed by atoms with E-state index in [4.69, 9.17) is 10.5 Å². The number of rotatable bonds is 8. The number of likely N-dealkylation sites (tertiary alicyclic amines) is 2. The maximum absolute atomic E-state index is 16.5. The Morgan fingerprint density at radius 3 is 2.55 bits per heavy atom. The third-order valence-corrected chi connectivity index (χ3v) is 7.68. The Balaban J connectivity index is 1.43. The van der Waals surface area contributed by atoms with Gasteiger partial charge in [-0.3, -0.25) is 9.59 Å². The standard InChI is InChI=1S/C29H38F3N3O3/c1-28(2,31)19-34-15-11-20(12-16-34)18-38-21-9-10-22(24(30)17-21)23-7-3-5-13-29(23,32)27(37)35-14-6-4-8-25(35)26(33)36/h3,5,7,9-10,17,20,25H,4,6,8,11-16,18-19H2,1-2H3,(H2,33,36)/t25-,29?/m1/s1. The molecule has 0 radical (unpaired) electrons. The van der Waals surface area contributed by atoms with E-state index in [1.54, 1.807) is 26.0 Å². The molecule has 0 bridgehead atoms. The minimum absolute atomic E-state index is 0.0210. The third kappa shape index (κ3) is 6.42. The summed E-state index contributed by atoms with van der Waals surface area (Å²) in [5, 5.41) is 0. The number of benzene rings is 1. The highest BCUT2D eigenvalue weighted by Gasteiger charge is 2.48. The first kappa shape index (κ1) is 28.2. The first-order chi connectivity index (χ1) is 18.0. The normalized spacial score (nSPS) is 25.2. The minimum atomic E-state index is -2.51. The second-order valence-electron chi connectivity index (χ2n) is 11.3. The second-order valence-corrected chi connectivity index (χ2v) is 11.3. The molecule has 6 nitrogen and oxygen atoms in total. The fourth-order valence-electron chi connectivity index (χ4n) is 5.70. The van der Waals surface area contributed by atoms with Crippen molar-refractivity contribution in [2.75, 3.05) is 32.8 Å². The van der Waals surface area contributed by atoms with Gasteiger partial charge in [0.25, 0.3) is 5.91 Å². The van der Waals surface area contributed by atoms with E-state index in [1.807, 2.05) is 0 Å². The first-order valence-electron chi connectivity index (χ1n) is 13.5. The number of primary amides is 1. The molecule has 2 heterocycles. The van der Waals surface area contributed by atoms with Crippen LogP contribution in [0.3, 0.4) is 0 Å². The van der Waals surface area contributed by atoms with Gasteiger partial charge in [0.2, 0.25) is 11.6 Å². The molecular formula is C29H38F3N3O3. The lowest BCUT2D eigenvalue weighted by molar-refractivity contribution is -0.148. The van der Waals surface area contributed by atoms with Gasteiger partial charge < -0.3 is 20.3 Å². The van der Waals surface area contributed by atoms with Gasteiger partial charge in [0.05, 0.1) is 6.61 Å². The number of allylic oxidation sites excluding steroid dienone is 3. The molecule has 9 heteroatoms. The van der Waals surface area contributed by atoms with Gasteiger partial charge in [-0.15, -0.1) is 0 Å². The number of hydrogen-bond acceptors (Lipinski definition) is 4. The highest BCUT2D eigenvalue weighted by atomic mass is 19.1. The molecule has 0 aromatic heterocycles. The molecule has 0 spiro atoms. The van der Waals surface area contributed by atoms with Crippen molar-refractivity contribution in [3.63, 3.8) is 0 Å². The average molecular weight is 534 g/mol. The van der Waals surface area contributed by atoms with Gasteiger partial charge in [0, 0.05) is 36.7 Å². The van der Waals surface area contributed by atoms with E-state index in [-0.39, 0.29) is 30.0 Å². The van der Waals surface area contributed by atoms with Crippen molar-refractivity contribution in [2.45, 2.75) is 69.8 Å². The zero-order valence-electron chi connectivity index (χ0n) is 22.2. The second kappa shape index (κ2) is 11.5. The number of nitrogens with zero attached hydrogens (tertiary/aromatic N) is 2. The van der Waals surface area contributed by atoms with Gasteiger partial charge in [0.1, 0.15) is 23.3 Å². The molecule has 38 heavy (non-hydrogen) atoms. The number of carbonyl (C=O) groups excluding carboxylic acids is 2. The summed E-state index contributed by atoms with van der Waals surface area (Å²) in [6.07, 6.45) is 7.78. The van der Waals surface area contributed by atoms with Crippen LogP contribution in [-0.4, -0.2) is 71.8 Å². The maximum Gasteiger partial charge on any atom is 0.265 e. The lowest BCUT2D eigenvalue weighted by Gasteiger charge is -2.39. The van der Waals surface area contributed by atoms with Crippen LogP contribution in [0.1, 0.15) is 57.9 Å². The topological polar surface area (TPSA) is 75.9 Å². The molecular weight excluding hydrogens is 495 g/mol. The number of amides is 2. The van der Waals surface area contributed by atoms with E-state index >= 15 is 8.78 Å². The molecule has 3 aliphatic rings. The van der Waals surface area contributed by atoms with Gasteiger partial charge in [-0.25, -0.2) is 13.2 Å². The Morgan fingerprint density at radius 2 is 1.89 bits per heavy atom. The summed E-state index contributed by atoms with van der Waals surface area (Å²) in [7, 11) is 0. The van der Waals surface area contributed by atoms with Gasteiger partial charge in [-0.1, -0.05) is 18.2 Å². The van der Waals surface area contributed by atoms with Crippen LogP contribution in [0.25, 0.3) is 5.57 Å². The molecule has 208 valence electrons. The van der Waals surface area contributed by atoms with Crippen LogP contribution < -0.4 is 10.5 Å². The van der Waals surface area contributed by atoms with Crippen LogP contribution in [0.2, 0.25) is 0 Å². The number of nitrogens with two attached hydrogens (primary N) is 1. The summed E-state index contributed by atoms with van der Waals surface area (Å²) in [5.41, 5.74) is 1.65. The van der Waals surface area contributed by atoms with Crippen molar-refractivity contribution in [3.05, 3.63) is 47.8 Å². The number of ether oxygens (including phenoxy) is 1. The Labute approximate surface area is 222 Å². The zero-order chi connectivity index (χ0) is 27.5. The molecule has 4 rings (SSSR count). The van der Waals surface area contributed by atoms with E-state index in [1.165, 1.54) is 29.2 Å². The predicted octanol–water partition coefficient (Wildman–Crippen LogP) is 4.58. The number of halogens is 3. The summed E-state index contributed by atoms with van der Waals surface area (Å²) in [5.74, 6) is -1.61. The number of alkyl halides is 2. The molecule has 0 saturated carbocycles. The molecule has 1 unspecified atom stereocenters. The van der Waals surface area contributed by atoms with Crippen LogP contribution in [0.4, 0.5) is 13.2 Å². The summed E-state index contributed by atoms with van der Waals surface area (Å²) >= 11 is 0. The van der Waals surface area contributed by atoms with Crippen molar-refractivity contribution >= 4 is 17.4 Å². The third-order valence-electron chi connectivity index (χ3n) is 7.68. The molecule has 2 N–H and O–H groups in total. The minimum Gasteiger partial charge on any atom is -0.493 e. The highest BCUT2D eigenvalue weighted by Crippen LogP contribution is 2.41. The van der Waals surface area contributed by atoms with Gasteiger partial charge in [-0.05, 0) is 77.1 Å². The van der Waals surface area contributed by atoms with Crippen LogP contribution in [-0.2, 0) is 9.59 Å². The smallest absolute Gasteiger partial charge is 0.265 e. The monoisotopic (exact) mass is 533 g/mol. The Morgan fingerprint density at radius 1 is 1.16 bits per heavy atom. The van der Waals surface area contributed by atoms with Crippen LogP contribution in [0.5, 0.6) is 5.75 Å². The van der Waals surface area contributed by atoms with E-state index in [0.29, 0.717) is 31.7 Å². The Kier molecular flexibility index (Phi) is 8.55. The van der Waals surface area contributed by atoms with Gasteiger partial charge >= 0.3 is 0 Å². The maximum atomic E-state index is 16.5.